The first kappa shape index (κ1) is 29.0. The van der Waals surface area contributed by atoms with Crippen LogP contribution in [-0.2, 0) is 33.4 Å². The maximum Gasteiger partial charge on any atom is 0.245 e. The van der Waals surface area contributed by atoms with Crippen molar-refractivity contribution in [3.8, 4) is 0 Å². The third kappa shape index (κ3) is 8.49. The third-order valence-electron chi connectivity index (χ3n) is 7.11. The summed E-state index contributed by atoms with van der Waals surface area (Å²) >= 11 is 0. The molecule has 0 bridgehead atoms. The number of nitrogens with zero attached hydrogens (tertiary/aromatic N) is 1. The quantitative estimate of drug-likeness (QED) is 0.429. The number of Topliss-reactive ketones (excluding diaryl/α,β-unsaturated/α-hetero) is 1. The SMILES string of the molecule is CC(C)C[C@H](NC(=O)[C@@H]1COCCCCCCC(=O)NCC(=O)N2CCC[C@H]2C(=O)N1)C(=O)[C@@]1(C)CO1. The van der Waals surface area contributed by atoms with Gasteiger partial charge in [-0.2, -0.15) is 0 Å². The Bertz CT molecular complexity index is 858. The molecular formula is C26H42N4O7. The van der Waals surface area contributed by atoms with Crippen LogP contribution in [0.1, 0.15) is 72.1 Å². The number of rotatable bonds is 6. The van der Waals surface area contributed by atoms with Crippen LogP contribution in [0.2, 0.25) is 0 Å². The molecule has 0 aromatic rings. The average molecular weight is 523 g/mol. The first-order valence-electron chi connectivity index (χ1n) is 13.5. The van der Waals surface area contributed by atoms with Gasteiger partial charge in [0.2, 0.25) is 23.6 Å². The van der Waals surface area contributed by atoms with Crippen LogP contribution >= 0.6 is 0 Å². The summed E-state index contributed by atoms with van der Waals surface area (Å²) in [5.41, 5.74) is -0.883. The Hall–Kier alpha value is -2.53. The Morgan fingerprint density at radius 1 is 1.14 bits per heavy atom. The Kier molecular flexibility index (Phi) is 10.5. The van der Waals surface area contributed by atoms with Crippen molar-refractivity contribution in [1.82, 2.24) is 20.9 Å². The molecule has 3 saturated heterocycles. The van der Waals surface area contributed by atoms with Crippen LogP contribution in [0.3, 0.4) is 0 Å². The van der Waals surface area contributed by atoms with Crippen LogP contribution in [0.15, 0.2) is 0 Å². The molecule has 11 nitrogen and oxygen atoms in total. The van der Waals surface area contributed by atoms with E-state index in [9.17, 15) is 24.0 Å². The molecule has 37 heavy (non-hydrogen) atoms. The molecule has 4 amide bonds. The van der Waals surface area contributed by atoms with Gasteiger partial charge in [0.1, 0.15) is 17.7 Å². The van der Waals surface area contributed by atoms with Crippen molar-refractivity contribution in [2.45, 2.75) is 95.9 Å². The largest absolute Gasteiger partial charge is 0.379 e. The smallest absolute Gasteiger partial charge is 0.245 e. The minimum atomic E-state index is -1.02. The van der Waals surface area contributed by atoms with Crippen molar-refractivity contribution in [3.05, 3.63) is 0 Å². The topological polar surface area (TPSA) is 146 Å². The summed E-state index contributed by atoms with van der Waals surface area (Å²) in [6.07, 6.45) is 5.07. The number of hydrogen-bond acceptors (Lipinski definition) is 7. The van der Waals surface area contributed by atoms with Gasteiger partial charge in [0.25, 0.3) is 0 Å². The van der Waals surface area contributed by atoms with Gasteiger partial charge in [-0.15, -0.1) is 0 Å². The van der Waals surface area contributed by atoms with E-state index in [4.69, 9.17) is 9.47 Å². The van der Waals surface area contributed by atoms with Gasteiger partial charge in [0.15, 0.2) is 5.78 Å². The second-order valence-corrected chi connectivity index (χ2v) is 10.9. The minimum Gasteiger partial charge on any atom is -0.379 e. The van der Waals surface area contributed by atoms with Crippen molar-refractivity contribution >= 4 is 29.4 Å². The van der Waals surface area contributed by atoms with Gasteiger partial charge in [0, 0.05) is 19.6 Å². The first-order chi connectivity index (χ1) is 17.6. The van der Waals surface area contributed by atoms with Gasteiger partial charge < -0.3 is 30.3 Å². The molecule has 0 aromatic carbocycles. The fourth-order valence-electron chi connectivity index (χ4n) is 4.79. The van der Waals surface area contributed by atoms with Crippen LogP contribution in [0.25, 0.3) is 0 Å². The Morgan fingerprint density at radius 2 is 1.86 bits per heavy atom. The van der Waals surface area contributed by atoms with Crippen molar-refractivity contribution in [1.29, 1.82) is 0 Å². The third-order valence-corrected chi connectivity index (χ3v) is 7.11. The highest BCUT2D eigenvalue weighted by Gasteiger charge is 2.50. The molecule has 3 heterocycles. The summed E-state index contributed by atoms with van der Waals surface area (Å²) in [7, 11) is 0. The van der Waals surface area contributed by atoms with E-state index in [1.807, 2.05) is 13.8 Å². The molecule has 0 aliphatic carbocycles. The number of ketones is 1. The lowest BCUT2D eigenvalue weighted by Crippen LogP contribution is -2.58. The molecule has 0 unspecified atom stereocenters. The standard InChI is InChI=1S/C26H42N4O7/c1-17(2)13-18(23(33)26(3)16-37-26)28-24(34)19-15-36-12-7-5-4-6-10-21(31)27-14-22(32)30-11-8-9-20(30)25(35)29-19/h17-20H,4-16H2,1-3H3,(H,27,31)(H,28,34)(H,29,35)/t18-,19-,20-,26+/m0/s1. The maximum absolute atomic E-state index is 13.3. The van der Waals surface area contributed by atoms with Crippen molar-refractivity contribution < 1.29 is 33.4 Å². The summed E-state index contributed by atoms with van der Waals surface area (Å²) in [6.45, 7) is 6.58. The van der Waals surface area contributed by atoms with Crippen molar-refractivity contribution in [3.63, 3.8) is 0 Å². The van der Waals surface area contributed by atoms with E-state index in [1.165, 1.54) is 4.90 Å². The summed E-state index contributed by atoms with van der Waals surface area (Å²) in [5, 5.41) is 8.25. The average Bonchev–Trinajstić information content (AvgIpc) is 3.40. The van der Waals surface area contributed by atoms with E-state index in [0.29, 0.717) is 51.9 Å². The van der Waals surface area contributed by atoms with E-state index in [1.54, 1.807) is 6.92 Å². The van der Waals surface area contributed by atoms with E-state index in [-0.39, 0.29) is 36.7 Å². The molecular weight excluding hydrogens is 480 g/mol. The van der Waals surface area contributed by atoms with Crippen LogP contribution in [0, 0.1) is 5.92 Å². The number of ether oxygens (including phenoxy) is 2. The second kappa shape index (κ2) is 13.3. The van der Waals surface area contributed by atoms with Crippen LogP contribution in [0.4, 0.5) is 0 Å². The van der Waals surface area contributed by atoms with Gasteiger partial charge in [-0.3, -0.25) is 24.0 Å². The van der Waals surface area contributed by atoms with Crippen LogP contribution in [0.5, 0.6) is 0 Å². The lowest BCUT2D eigenvalue weighted by atomic mass is 9.93. The normalized spacial score (nSPS) is 29.1. The maximum atomic E-state index is 13.3. The molecule has 3 rings (SSSR count). The summed E-state index contributed by atoms with van der Waals surface area (Å²) < 4.78 is 11.1. The van der Waals surface area contributed by atoms with E-state index in [2.05, 4.69) is 16.0 Å². The van der Waals surface area contributed by atoms with E-state index < -0.39 is 35.5 Å². The molecule has 0 spiro atoms. The number of fused-ring (bicyclic) bond motifs is 1. The molecule has 208 valence electrons. The fraction of sp³-hybridized carbons (Fsp3) is 0.808. The van der Waals surface area contributed by atoms with E-state index in [0.717, 1.165) is 19.3 Å². The monoisotopic (exact) mass is 522 g/mol. The number of carbonyl (C=O) groups is 5. The molecule has 3 aliphatic rings. The molecule has 3 fully saturated rings. The van der Waals surface area contributed by atoms with Crippen molar-refractivity contribution in [2.75, 3.05) is 32.9 Å². The zero-order chi connectivity index (χ0) is 27.0. The lowest BCUT2D eigenvalue weighted by Gasteiger charge is -2.28. The predicted molar refractivity (Wildman–Crippen MR) is 134 cm³/mol. The zero-order valence-electron chi connectivity index (χ0n) is 22.3. The highest BCUT2D eigenvalue weighted by Crippen LogP contribution is 2.29. The molecule has 3 aliphatic heterocycles. The van der Waals surface area contributed by atoms with Gasteiger partial charge >= 0.3 is 0 Å². The van der Waals surface area contributed by atoms with Gasteiger partial charge in [-0.05, 0) is 44.9 Å². The molecule has 0 radical (unpaired) electrons. The minimum absolute atomic E-state index is 0.0470. The van der Waals surface area contributed by atoms with Gasteiger partial charge in [-0.1, -0.05) is 26.7 Å². The predicted octanol–water partition coefficient (Wildman–Crippen LogP) is 0.448. The molecule has 11 heteroatoms. The summed E-state index contributed by atoms with van der Waals surface area (Å²) in [6, 6.07) is -2.49. The fourth-order valence-corrected chi connectivity index (χ4v) is 4.79. The number of nitrogens with one attached hydrogen (secondary N) is 3. The van der Waals surface area contributed by atoms with Gasteiger partial charge in [0.05, 0.1) is 25.8 Å². The Labute approximate surface area is 218 Å². The molecule has 3 N–H and O–H groups in total. The Morgan fingerprint density at radius 3 is 2.57 bits per heavy atom. The number of hydrogen-bond donors (Lipinski definition) is 3. The van der Waals surface area contributed by atoms with Crippen LogP contribution < -0.4 is 16.0 Å². The highest BCUT2D eigenvalue weighted by atomic mass is 16.6. The van der Waals surface area contributed by atoms with Crippen LogP contribution in [-0.4, -0.2) is 90.9 Å². The highest BCUT2D eigenvalue weighted by molar-refractivity contribution is 5.98. The van der Waals surface area contributed by atoms with Gasteiger partial charge in [-0.25, -0.2) is 0 Å². The number of amides is 4. The summed E-state index contributed by atoms with van der Waals surface area (Å²) in [4.78, 5) is 65.8. The summed E-state index contributed by atoms with van der Waals surface area (Å²) in [5.74, 6) is -1.48. The molecule has 4 atom stereocenters. The number of epoxide rings is 1. The van der Waals surface area contributed by atoms with E-state index >= 15 is 0 Å². The second-order valence-electron chi connectivity index (χ2n) is 10.9. The lowest BCUT2D eigenvalue weighted by molar-refractivity contribution is -0.140. The number of carbonyl (C=O) groups excluding carboxylic acids is 5. The first-order valence-corrected chi connectivity index (χ1v) is 13.5. The van der Waals surface area contributed by atoms with Crippen molar-refractivity contribution in [2.24, 2.45) is 5.92 Å². The molecule has 0 aromatic heterocycles. The zero-order valence-corrected chi connectivity index (χ0v) is 22.3. The Balaban J connectivity index is 1.72. The molecule has 0 saturated carbocycles.